The van der Waals surface area contributed by atoms with E-state index in [0.29, 0.717) is 6.54 Å². The second kappa shape index (κ2) is 5.85. The maximum Gasteiger partial charge on any atom is 0.237 e. The number of carbonyl (C=O) groups is 1. The maximum absolute atomic E-state index is 12.0. The van der Waals surface area contributed by atoms with Crippen LogP contribution in [0.4, 0.5) is 0 Å². The minimum Gasteiger partial charge on any atom is -0.358 e. The van der Waals surface area contributed by atoms with Crippen LogP contribution >= 0.6 is 0 Å². The van der Waals surface area contributed by atoms with E-state index in [-0.39, 0.29) is 11.9 Å². The molecule has 1 atom stereocenters. The fraction of sp³-hybridized carbons (Fsp3) is 0.500. The first-order chi connectivity index (χ1) is 10.2. The number of aromatic nitrogens is 2. The number of hydrogen-bond acceptors (Lipinski definition) is 3. The molecule has 21 heavy (non-hydrogen) atoms. The van der Waals surface area contributed by atoms with Gasteiger partial charge in [0.05, 0.1) is 23.6 Å². The van der Waals surface area contributed by atoms with E-state index >= 15 is 0 Å². The maximum atomic E-state index is 12.0. The van der Waals surface area contributed by atoms with E-state index in [1.807, 2.05) is 6.07 Å². The monoisotopic (exact) mass is 286 g/mol. The molecule has 1 amide bonds. The lowest BCUT2D eigenvalue weighted by Gasteiger charge is -2.33. The summed E-state index contributed by atoms with van der Waals surface area (Å²) in [4.78, 5) is 22.2. The van der Waals surface area contributed by atoms with Gasteiger partial charge in [-0.15, -0.1) is 0 Å². The number of likely N-dealkylation sites (N-methyl/N-ethyl adjacent to an activating group) is 1. The minimum absolute atomic E-state index is 0.0290. The molecular weight excluding hydrogens is 264 g/mol. The van der Waals surface area contributed by atoms with E-state index in [0.717, 1.165) is 42.7 Å². The molecule has 112 valence electrons. The Morgan fingerprint density at radius 1 is 1.48 bits per heavy atom. The lowest BCUT2D eigenvalue weighted by molar-refractivity contribution is -0.127. The van der Waals surface area contributed by atoms with Crippen molar-refractivity contribution in [1.29, 1.82) is 0 Å². The van der Waals surface area contributed by atoms with E-state index in [9.17, 15) is 4.79 Å². The molecule has 0 radical (unpaired) electrons. The molecule has 2 heterocycles. The first-order valence-corrected chi connectivity index (χ1v) is 7.58. The highest BCUT2D eigenvalue weighted by molar-refractivity contribution is 5.81. The molecule has 1 saturated heterocycles. The number of rotatable bonds is 3. The van der Waals surface area contributed by atoms with Gasteiger partial charge < -0.3 is 10.3 Å². The average Bonchev–Trinajstić information content (AvgIpc) is 2.88. The van der Waals surface area contributed by atoms with Crippen molar-refractivity contribution < 1.29 is 4.79 Å². The number of fused-ring (bicyclic) bond motifs is 1. The van der Waals surface area contributed by atoms with E-state index in [1.54, 1.807) is 7.05 Å². The predicted molar refractivity (Wildman–Crippen MR) is 82.9 cm³/mol. The van der Waals surface area contributed by atoms with Crippen molar-refractivity contribution in [3.8, 4) is 0 Å². The number of likely N-dealkylation sites (tertiary alicyclic amines) is 1. The Balaban J connectivity index is 1.80. The topological polar surface area (TPSA) is 61.0 Å². The molecule has 1 aromatic carbocycles. The Bertz CT molecular complexity index is 649. The first-order valence-electron chi connectivity index (χ1n) is 7.58. The van der Waals surface area contributed by atoms with Gasteiger partial charge in [-0.05, 0) is 44.0 Å². The third-order valence-electron chi connectivity index (χ3n) is 4.20. The fourth-order valence-corrected chi connectivity index (χ4v) is 3.09. The predicted octanol–water partition coefficient (Wildman–Crippen LogP) is 1.97. The highest BCUT2D eigenvalue weighted by atomic mass is 16.2. The van der Waals surface area contributed by atoms with Gasteiger partial charge in [0, 0.05) is 7.05 Å². The molecule has 2 N–H and O–H groups in total. The molecule has 1 unspecified atom stereocenters. The number of aryl methyl sites for hydroxylation is 1. The molecule has 5 heteroatoms. The Labute approximate surface area is 124 Å². The number of imidazole rings is 1. The van der Waals surface area contributed by atoms with Crippen LogP contribution in [0.3, 0.4) is 0 Å². The van der Waals surface area contributed by atoms with Gasteiger partial charge in [0.2, 0.25) is 5.91 Å². The summed E-state index contributed by atoms with van der Waals surface area (Å²) in [5, 5.41) is 2.77. The summed E-state index contributed by atoms with van der Waals surface area (Å²) in [6, 6.07) is 6.19. The summed E-state index contributed by atoms with van der Waals surface area (Å²) in [7, 11) is 1.71. The normalized spacial score (nSPS) is 19.8. The summed E-state index contributed by atoms with van der Waals surface area (Å²) in [6.07, 6.45) is 3.19. The smallest absolute Gasteiger partial charge is 0.237 e. The number of aromatic amines is 1. The van der Waals surface area contributed by atoms with Crippen molar-refractivity contribution >= 4 is 16.9 Å². The number of benzene rings is 1. The summed E-state index contributed by atoms with van der Waals surface area (Å²) >= 11 is 0. The molecule has 1 aromatic heterocycles. The summed E-state index contributed by atoms with van der Waals surface area (Å²) in [5.74, 6) is 1.05. The largest absolute Gasteiger partial charge is 0.358 e. The Kier molecular flexibility index (Phi) is 3.92. The van der Waals surface area contributed by atoms with Gasteiger partial charge in [-0.1, -0.05) is 12.5 Å². The number of amides is 1. The van der Waals surface area contributed by atoms with Gasteiger partial charge in [-0.3, -0.25) is 9.69 Å². The molecule has 1 aliphatic heterocycles. The number of hydrogen-bond donors (Lipinski definition) is 2. The van der Waals surface area contributed by atoms with Crippen LogP contribution in [0.1, 0.15) is 30.7 Å². The number of H-pyrrole nitrogens is 1. The minimum atomic E-state index is -0.0290. The van der Waals surface area contributed by atoms with Gasteiger partial charge in [0.1, 0.15) is 5.82 Å². The molecule has 1 aliphatic rings. The number of carbonyl (C=O) groups excluding carboxylic acids is 1. The van der Waals surface area contributed by atoms with Crippen LogP contribution in [0.2, 0.25) is 0 Å². The first kappa shape index (κ1) is 14.1. The van der Waals surface area contributed by atoms with Crippen LogP contribution in [0, 0.1) is 6.92 Å². The summed E-state index contributed by atoms with van der Waals surface area (Å²) in [6.45, 7) is 3.73. The highest BCUT2D eigenvalue weighted by Crippen LogP contribution is 2.20. The standard InChI is InChI=1S/C16H22N4O/c1-11-6-7-12-13(9-11)19-15(18-12)10-20-8-4-3-5-14(20)16(21)17-2/h6-7,9,14H,3-5,8,10H2,1-2H3,(H,17,21)(H,18,19). The van der Waals surface area contributed by atoms with Gasteiger partial charge >= 0.3 is 0 Å². The molecule has 5 nitrogen and oxygen atoms in total. The Morgan fingerprint density at radius 2 is 2.33 bits per heavy atom. The molecule has 1 fully saturated rings. The SMILES string of the molecule is CNC(=O)C1CCCCN1Cc1nc2ccc(C)cc2[nH]1. The second-order valence-electron chi connectivity index (χ2n) is 5.80. The van der Waals surface area contributed by atoms with Gasteiger partial charge in [-0.25, -0.2) is 4.98 Å². The fourth-order valence-electron chi connectivity index (χ4n) is 3.09. The van der Waals surface area contributed by atoms with E-state index in [4.69, 9.17) is 0 Å². The summed E-state index contributed by atoms with van der Waals surface area (Å²) in [5.41, 5.74) is 3.28. The van der Waals surface area contributed by atoms with Crippen LogP contribution in [-0.4, -0.2) is 40.4 Å². The molecular formula is C16H22N4O. The van der Waals surface area contributed by atoms with Gasteiger partial charge in [0.25, 0.3) is 0 Å². The van der Waals surface area contributed by atoms with Crippen molar-refractivity contribution in [2.75, 3.05) is 13.6 Å². The van der Waals surface area contributed by atoms with Gasteiger partial charge in [0.15, 0.2) is 0 Å². The molecule has 0 bridgehead atoms. The second-order valence-corrected chi connectivity index (χ2v) is 5.80. The van der Waals surface area contributed by atoms with E-state index in [1.165, 1.54) is 5.56 Å². The number of piperidine rings is 1. The van der Waals surface area contributed by atoms with Crippen molar-refractivity contribution in [3.63, 3.8) is 0 Å². The zero-order valence-electron chi connectivity index (χ0n) is 12.6. The van der Waals surface area contributed by atoms with Crippen molar-refractivity contribution in [2.45, 2.75) is 38.8 Å². The lowest BCUT2D eigenvalue weighted by atomic mass is 10.0. The Hall–Kier alpha value is -1.88. The lowest BCUT2D eigenvalue weighted by Crippen LogP contribution is -2.48. The van der Waals surface area contributed by atoms with E-state index in [2.05, 4.69) is 39.2 Å². The zero-order valence-corrected chi connectivity index (χ0v) is 12.6. The van der Waals surface area contributed by atoms with Crippen LogP contribution in [0.15, 0.2) is 18.2 Å². The zero-order chi connectivity index (χ0) is 14.8. The van der Waals surface area contributed by atoms with Crippen molar-refractivity contribution in [1.82, 2.24) is 20.2 Å². The van der Waals surface area contributed by atoms with Crippen molar-refractivity contribution in [2.24, 2.45) is 0 Å². The third-order valence-corrected chi connectivity index (χ3v) is 4.20. The number of nitrogens with zero attached hydrogens (tertiary/aromatic N) is 2. The van der Waals surface area contributed by atoms with Crippen LogP contribution < -0.4 is 5.32 Å². The highest BCUT2D eigenvalue weighted by Gasteiger charge is 2.28. The van der Waals surface area contributed by atoms with Crippen LogP contribution in [0.5, 0.6) is 0 Å². The molecule has 2 aromatic rings. The summed E-state index contributed by atoms with van der Waals surface area (Å²) < 4.78 is 0. The van der Waals surface area contributed by atoms with Crippen LogP contribution in [-0.2, 0) is 11.3 Å². The average molecular weight is 286 g/mol. The third kappa shape index (κ3) is 2.93. The Morgan fingerprint density at radius 3 is 3.14 bits per heavy atom. The van der Waals surface area contributed by atoms with Crippen molar-refractivity contribution in [3.05, 3.63) is 29.6 Å². The molecule has 0 spiro atoms. The quantitative estimate of drug-likeness (QED) is 0.907. The molecule has 0 aliphatic carbocycles. The molecule has 3 rings (SSSR count). The van der Waals surface area contributed by atoms with Gasteiger partial charge in [-0.2, -0.15) is 0 Å². The van der Waals surface area contributed by atoms with E-state index < -0.39 is 0 Å². The van der Waals surface area contributed by atoms with Crippen LogP contribution in [0.25, 0.3) is 11.0 Å². The number of nitrogens with one attached hydrogen (secondary N) is 2. The molecule has 0 saturated carbocycles.